The fraction of sp³-hybridized carbons (Fsp3) is 0.357. The molecule has 1 aromatic carbocycles. The van der Waals surface area contributed by atoms with Crippen molar-refractivity contribution in [3.8, 4) is 17.0 Å². The molecule has 0 aliphatic heterocycles. The summed E-state index contributed by atoms with van der Waals surface area (Å²) in [7, 11) is 0. The highest BCUT2D eigenvalue weighted by Gasteiger charge is 2.16. The minimum atomic E-state index is 0.0364. The van der Waals surface area contributed by atoms with Gasteiger partial charge in [-0.1, -0.05) is 44.0 Å². The minimum Gasteiger partial charge on any atom is -0.490 e. The molecule has 2 aromatic rings. The molecule has 0 bridgehead atoms. The number of hydrogen-bond acceptors (Lipinski definition) is 4. The van der Waals surface area contributed by atoms with Gasteiger partial charge < -0.3 is 10.5 Å². The van der Waals surface area contributed by atoms with Gasteiger partial charge in [0.25, 0.3) is 0 Å². The molecule has 0 amide bonds. The summed E-state index contributed by atoms with van der Waals surface area (Å²) in [4.78, 5) is 4.22. The van der Waals surface area contributed by atoms with E-state index in [1.54, 1.807) is 12.1 Å². The number of rotatable bonds is 3. The van der Waals surface area contributed by atoms with Crippen LogP contribution in [0.5, 0.6) is 5.75 Å². The van der Waals surface area contributed by atoms with E-state index < -0.39 is 0 Å². The highest BCUT2D eigenvalue weighted by Crippen LogP contribution is 2.38. The average molecular weight is 331 g/mol. The number of hydrogen-bond donors (Lipinski definition) is 1. The Hall–Kier alpha value is -0.970. The number of halogens is 2. The molecule has 108 valence electrons. The molecule has 0 radical (unpaired) electrons. The van der Waals surface area contributed by atoms with E-state index in [0.717, 1.165) is 11.3 Å². The average Bonchev–Trinajstić information content (AvgIpc) is 2.73. The highest BCUT2D eigenvalue weighted by atomic mass is 35.5. The molecule has 0 saturated carbocycles. The largest absolute Gasteiger partial charge is 0.490 e. The van der Waals surface area contributed by atoms with Gasteiger partial charge in [0.2, 0.25) is 0 Å². The number of ether oxygens (including phenoxy) is 1. The highest BCUT2D eigenvalue weighted by molar-refractivity contribution is 7.13. The van der Waals surface area contributed by atoms with Crippen molar-refractivity contribution in [1.29, 1.82) is 0 Å². The number of anilines is 1. The van der Waals surface area contributed by atoms with Crippen LogP contribution in [0.4, 0.5) is 5.13 Å². The number of benzene rings is 1. The van der Waals surface area contributed by atoms with Gasteiger partial charge in [-0.3, -0.25) is 0 Å². The topological polar surface area (TPSA) is 48.1 Å². The van der Waals surface area contributed by atoms with Gasteiger partial charge in [0.05, 0.1) is 22.3 Å². The van der Waals surface area contributed by atoms with Gasteiger partial charge in [-0.05, 0) is 17.5 Å². The van der Waals surface area contributed by atoms with Gasteiger partial charge in [-0.2, -0.15) is 0 Å². The van der Waals surface area contributed by atoms with Crippen LogP contribution < -0.4 is 10.5 Å². The third-order valence-electron chi connectivity index (χ3n) is 2.47. The molecule has 3 nitrogen and oxygen atoms in total. The van der Waals surface area contributed by atoms with Gasteiger partial charge in [0, 0.05) is 10.9 Å². The van der Waals surface area contributed by atoms with Crippen LogP contribution in [0.1, 0.15) is 20.8 Å². The van der Waals surface area contributed by atoms with Crippen molar-refractivity contribution in [2.45, 2.75) is 20.8 Å². The molecule has 2 N–H and O–H groups in total. The van der Waals surface area contributed by atoms with Gasteiger partial charge in [-0.25, -0.2) is 4.98 Å². The summed E-state index contributed by atoms with van der Waals surface area (Å²) in [6, 6.07) is 3.58. The Morgan fingerprint density at radius 3 is 2.30 bits per heavy atom. The van der Waals surface area contributed by atoms with Crippen LogP contribution in [0.2, 0.25) is 10.0 Å². The van der Waals surface area contributed by atoms with Crippen LogP contribution in [0.25, 0.3) is 11.3 Å². The van der Waals surface area contributed by atoms with E-state index >= 15 is 0 Å². The Kier molecular flexibility index (Phi) is 4.47. The third kappa shape index (κ3) is 3.78. The Labute approximate surface area is 132 Å². The van der Waals surface area contributed by atoms with E-state index in [1.165, 1.54) is 11.3 Å². The van der Waals surface area contributed by atoms with E-state index in [2.05, 4.69) is 25.8 Å². The first-order valence-electron chi connectivity index (χ1n) is 6.09. The quantitative estimate of drug-likeness (QED) is 0.849. The van der Waals surface area contributed by atoms with E-state index in [1.807, 2.05) is 5.38 Å². The molecule has 0 unspecified atom stereocenters. The van der Waals surface area contributed by atoms with Crippen LogP contribution in [0.15, 0.2) is 17.5 Å². The summed E-state index contributed by atoms with van der Waals surface area (Å²) >= 11 is 13.9. The molecule has 0 spiro atoms. The lowest BCUT2D eigenvalue weighted by atomic mass is 9.99. The van der Waals surface area contributed by atoms with Gasteiger partial charge >= 0.3 is 0 Å². The van der Waals surface area contributed by atoms with Gasteiger partial charge in [0.1, 0.15) is 0 Å². The van der Waals surface area contributed by atoms with Crippen molar-refractivity contribution in [2.75, 3.05) is 12.3 Å². The molecule has 0 aliphatic rings. The van der Waals surface area contributed by atoms with E-state index in [4.69, 9.17) is 33.7 Å². The predicted molar refractivity (Wildman–Crippen MR) is 86.9 cm³/mol. The maximum absolute atomic E-state index is 6.26. The van der Waals surface area contributed by atoms with Crippen molar-refractivity contribution >= 4 is 39.7 Å². The second-order valence-electron chi connectivity index (χ2n) is 5.69. The zero-order valence-corrected chi connectivity index (χ0v) is 13.9. The molecular weight excluding hydrogens is 315 g/mol. The van der Waals surface area contributed by atoms with Gasteiger partial charge in [0.15, 0.2) is 10.9 Å². The number of aromatic nitrogens is 1. The lowest BCUT2D eigenvalue weighted by Gasteiger charge is -2.20. The van der Waals surface area contributed by atoms with E-state index in [9.17, 15) is 0 Å². The molecule has 1 aromatic heterocycles. The maximum Gasteiger partial charge on any atom is 0.180 e. The second kappa shape index (κ2) is 5.80. The Balaban J connectivity index is 2.29. The summed E-state index contributed by atoms with van der Waals surface area (Å²) in [5.41, 5.74) is 7.26. The van der Waals surface area contributed by atoms with Crippen LogP contribution in [-0.2, 0) is 0 Å². The first kappa shape index (κ1) is 15.4. The number of nitrogen functional groups attached to an aromatic ring is 1. The zero-order chi connectivity index (χ0) is 14.9. The summed E-state index contributed by atoms with van der Waals surface area (Å²) < 4.78 is 5.72. The molecule has 0 atom stereocenters. The third-order valence-corrected chi connectivity index (χ3v) is 3.70. The molecule has 6 heteroatoms. The molecular formula is C14H16Cl2N2OS. The summed E-state index contributed by atoms with van der Waals surface area (Å²) in [6.45, 7) is 6.79. The van der Waals surface area contributed by atoms with Crippen LogP contribution in [0.3, 0.4) is 0 Å². The monoisotopic (exact) mass is 330 g/mol. The fourth-order valence-corrected chi connectivity index (χ4v) is 2.72. The standard InChI is InChI=1S/C14H16Cl2N2OS/c1-14(2,3)7-19-12-9(15)4-8(5-10(12)16)11-6-20-13(17)18-11/h4-6H,7H2,1-3H3,(H2,17,18). The number of thiazole rings is 1. The van der Waals surface area contributed by atoms with Gasteiger partial charge in [-0.15, -0.1) is 11.3 Å². The molecule has 2 rings (SSSR count). The van der Waals surface area contributed by atoms with E-state index in [-0.39, 0.29) is 5.41 Å². The normalized spacial score (nSPS) is 11.7. The smallest absolute Gasteiger partial charge is 0.180 e. The maximum atomic E-state index is 6.26. The summed E-state index contributed by atoms with van der Waals surface area (Å²) in [5, 5.41) is 3.33. The fourth-order valence-electron chi connectivity index (χ4n) is 1.55. The molecule has 0 fully saturated rings. The lowest BCUT2D eigenvalue weighted by Crippen LogP contribution is -2.17. The SMILES string of the molecule is CC(C)(C)COc1c(Cl)cc(-c2csc(N)n2)cc1Cl. The first-order valence-corrected chi connectivity index (χ1v) is 7.73. The zero-order valence-electron chi connectivity index (χ0n) is 11.5. The molecule has 20 heavy (non-hydrogen) atoms. The molecule has 0 aliphatic carbocycles. The molecule has 0 saturated heterocycles. The molecule has 1 heterocycles. The van der Waals surface area contributed by atoms with Crippen LogP contribution in [-0.4, -0.2) is 11.6 Å². The first-order chi connectivity index (χ1) is 9.26. The second-order valence-corrected chi connectivity index (χ2v) is 7.39. The summed E-state index contributed by atoms with van der Waals surface area (Å²) in [6.07, 6.45) is 0. The Morgan fingerprint density at radius 1 is 1.25 bits per heavy atom. The van der Waals surface area contributed by atoms with Crippen molar-refractivity contribution in [3.05, 3.63) is 27.6 Å². The van der Waals surface area contributed by atoms with Crippen molar-refractivity contribution < 1.29 is 4.74 Å². The summed E-state index contributed by atoms with van der Waals surface area (Å²) in [5.74, 6) is 0.509. The Bertz CT molecular complexity index is 597. The minimum absolute atomic E-state index is 0.0364. The lowest BCUT2D eigenvalue weighted by molar-refractivity contribution is 0.198. The van der Waals surface area contributed by atoms with Crippen molar-refractivity contribution in [3.63, 3.8) is 0 Å². The number of nitrogens with two attached hydrogens (primary N) is 1. The Morgan fingerprint density at radius 2 is 1.85 bits per heavy atom. The van der Waals surface area contributed by atoms with Crippen molar-refractivity contribution in [1.82, 2.24) is 4.98 Å². The van der Waals surface area contributed by atoms with Crippen LogP contribution >= 0.6 is 34.5 Å². The predicted octanol–water partition coefficient (Wildman–Crippen LogP) is 5.12. The van der Waals surface area contributed by atoms with Crippen LogP contribution in [0, 0.1) is 5.41 Å². The number of nitrogens with zero attached hydrogens (tertiary/aromatic N) is 1. The van der Waals surface area contributed by atoms with E-state index in [0.29, 0.717) is 27.5 Å². The van der Waals surface area contributed by atoms with Crippen molar-refractivity contribution in [2.24, 2.45) is 5.41 Å².